The maximum absolute atomic E-state index is 13.6. The minimum absolute atomic E-state index is 0.251. The average Bonchev–Trinajstić information content (AvgIpc) is 3.96. The van der Waals surface area contributed by atoms with E-state index in [2.05, 4.69) is 75.4 Å². The SMILES string of the molecule is CCc1nc2c(cnn2CC)c(NC2CCOCC2)c1CNC(=O)c1cccc(C(=O)NCc2cc(Cl)cc(-c3cccc(CN4C[C@@H]5CC4CN5)c3)c2)c1. The van der Waals surface area contributed by atoms with E-state index in [1.165, 1.54) is 12.0 Å². The van der Waals surface area contributed by atoms with Crippen molar-refractivity contribution >= 4 is 40.1 Å². The van der Waals surface area contributed by atoms with Crippen LogP contribution in [0.4, 0.5) is 5.69 Å². The zero-order valence-electron chi connectivity index (χ0n) is 31.5. The third-order valence-corrected chi connectivity index (χ3v) is 11.4. The van der Waals surface area contributed by atoms with E-state index < -0.39 is 0 Å². The van der Waals surface area contributed by atoms with E-state index in [-0.39, 0.29) is 24.4 Å². The summed E-state index contributed by atoms with van der Waals surface area (Å²) in [5, 5.41) is 19.6. The van der Waals surface area contributed by atoms with Crippen LogP contribution in [0.1, 0.15) is 76.2 Å². The van der Waals surface area contributed by atoms with Gasteiger partial charge in [0.1, 0.15) is 0 Å². The molecule has 12 heteroatoms. The quantitative estimate of drug-likeness (QED) is 0.110. The first-order valence-electron chi connectivity index (χ1n) is 19.6. The van der Waals surface area contributed by atoms with E-state index >= 15 is 0 Å². The zero-order chi connectivity index (χ0) is 37.9. The fourth-order valence-electron chi connectivity index (χ4n) is 8.30. The van der Waals surface area contributed by atoms with Crippen LogP contribution in [-0.4, -0.2) is 75.9 Å². The first-order valence-corrected chi connectivity index (χ1v) is 20.0. The fraction of sp³-hybridized carbons (Fsp3) is 0.395. The number of amides is 2. The van der Waals surface area contributed by atoms with Crippen LogP contribution in [0.5, 0.6) is 0 Å². The molecule has 0 spiro atoms. The summed E-state index contributed by atoms with van der Waals surface area (Å²) in [6.45, 7) is 9.94. The normalized spacial score (nSPS) is 18.5. The summed E-state index contributed by atoms with van der Waals surface area (Å²) in [7, 11) is 0. The standard InChI is InChI=1S/C43H49ClN8O3/c1-3-39-37(40(49-34-11-13-55-14-12-34)38-24-48-52(4-2)41(38)50-39)23-47-43(54)31-10-6-9-30(18-31)42(53)46-21-28-16-32(19-33(44)17-28)29-8-5-7-27(15-29)25-51-26-35-20-36(51)22-45-35/h5-10,15-19,24,34-36,45H,3-4,11-14,20-23,25-26H2,1-2H3,(H,46,53)(H,47,54)(H,49,50)/t35-,36?/m0/s1. The summed E-state index contributed by atoms with van der Waals surface area (Å²) in [5.41, 5.74) is 8.74. The lowest BCUT2D eigenvalue weighted by atomic mass is 10.0. The van der Waals surface area contributed by atoms with Gasteiger partial charge < -0.3 is 26.0 Å². The number of halogens is 1. The fourth-order valence-corrected chi connectivity index (χ4v) is 8.56. The number of hydrogen-bond donors (Lipinski definition) is 4. The van der Waals surface area contributed by atoms with Gasteiger partial charge in [0.25, 0.3) is 11.8 Å². The highest BCUT2D eigenvalue weighted by Gasteiger charge is 2.37. The molecule has 0 saturated carbocycles. The molecular weight excluding hydrogens is 712 g/mol. The Morgan fingerprint density at radius 1 is 0.927 bits per heavy atom. The first-order chi connectivity index (χ1) is 26.8. The van der Waals surface area contributed by atoms with Gasteiger partial charge in [0.15, 0.2) is 5.65 Å². The molecule has 5 heterocycles. The van der Waals surface area contributed by atoms with Crippen LogP contribution in [-0.2, 0) is 37.3 Å². The number of nitrogens with one attached hydrogen (secondary N) is 4. The molecule has 11 nitrogen and oxygen atoms in total. The third kappa shape index (κ3) is 8.26. The predicted molar refractivity (Wildman–Crippen MR) is 216 cm³/mol. The number of fused-ring (bicyclic) bond motifs is 3. The number of piperazine rings is 1. The number of likely N-dealkylation sites (tertiary alicyclic amines) is 1. The molecular formula is C43H49ClN8O3. The number of carbonyl (C=O) groups excluding carboxylic acids is 2. The van der Waals surface area contributed by atoms with Crippen molar-refractivity contribution in [3.05, 3.63) is 111 Å². The maximum atomic E-state index is 13.6. The summed E-state index contributed by atoms with van der Waals surface area (Å²) < 4.78 is 7.51. The lowest BCUT2D eigenvalue weighted by molar-refractivity contribution is 0.0904. The van der Waals surface area contributed by atoms with Crippen LogP contribution in [0, 0.1) is 0 Å². The van der Waals surface area contributed by atoms with E-state index in [1.807, 2.05) is 23.0 Å². The Labute approximate surface area is 327 Å². The largest absolute Gasteiger partial charge is 0.381 e. The first kappa shape index (κ1) is 37.1. The monoisotopic (exact) mass is 760 g/mol. The van der Waals surface area contributed by atoms with E-state index in [9.17, 15) is 9.59 Å². The number of ether oxygens (including phenoxy) is 1. The minimum atomic E-state index is -0.272. The Balaban J connectivity index is 0.933. The number of carbonyl (C=O) groups is 2. The van der Waals surface area contributed by atoms with Gasteiger partial charge in [-0.2, -0.15) is 5.10 Å². The highest BCUT2D eigenvalue weighted by atomic mass is 35.5. The molecule has 2 atom stereocenters. The zero-order valence-corrected chi connectivity index (χ0v) is 32.3. The summed E-state index contributed by atoms with van der Waals surface area (Å²) in [6.07, 6.45) is 5.60. The molecule has 8 rings (SSSR count). The number of pyridine rings is 1. The predicted octanol–water partition coefficient (Wildman–Crippen LogP) is 6.33. The van der Waals surface area contributed by atoms with Gasteiger partial charge in [-0.3, -0.25) is 14.5 Å². The van der Waals surface area contributed by atoms with Gasteiger partial charge in [-0.05, 0) is 97.3 Å². The number of aryl methyl sites for hydroxylation is 2. The van der Waals surface area contributed by atoms with Gasteiger partial charge in [-0.1, -0.05) is 42.8 Å². The van der Waals surface area contributed by atoms with E-state index in [4.69, 9.17) is 21.3 Å². The molecule has 2 amide bonds. The van der Waals surface area contributed by atoms with Crippen LogP contribution in [0.15, 0.2) is 72.9 Å². The number of nitrogens with zero attached hydrogens (tertiary/aromatic N) is 4. The molecule has 3 aliphatic rings. The molecule has 2 aromatic heterocycles. The molecule has 0 radical (unpaired) electrons. The smallest absolute Gasteiger partial charge is 0.251 e. The molecule has 55 heavy (non-hydrogen) atoms. The van der Waals surface area contributed by atoms with Gasteiger partial charge in [-0.25, -0.2) is 9.67 Å². The lowest BCUT2D eigenvalue weighted by Crippen LogP contribution is -2.42. The Morgan fingerprint density at radius 2 is 1.69 bits per heavy atom. The number of benzene rings is 3. The number of anilines is 1. The molecule has 3 saturated heterocycles. The minimum Gasteiger partial charge on any atom is -0.381 e. The summed E-state index contributed by atoms with van der Waals surface area (Å²) in [5.74, 6) is -0.542. The van der Waals surface area contributed by atoms with Gasteiger partial charge in [0.05, 0.1) is 17.3 Å². The highest BCUT2D eigenvalue weighted by molar-refractivity contribution is 6.31. The molecule has 1 unspecified atom stereocenters. The Bertz CT molecular complexity index is 2200. The van der Waals surface area contributed by atoms with Gasteiger partial charge >= 0.3 is 0 Å². The molecule has 286 valence electrons. The van der Waals surface area contributed by atoms with Crippen molar-refractivity contribution in [1.82, 2.24) is 35.6 Å². The van der Waals surface area contributed by atoms with E-state index in [0.29, 0.717) is 61.0 Å². The molecule has 5 aromatic rings. The number of aromatic nitrogens is 3. The number of rotatable bonds is 13. The molecule has 3 fully saturated rings. The van der Waals surface area contributed by atoms with E-state index in [1.54, 1.807) is 24.3 Å². The molecule has 2 bridgehead atoms. The van der Waals surface area contributed by atoms with Crippen LogP contribution < -0.4 is 21.3 Å². The van der Waals surface area contributed by atoms with Crippen molar-refractivity contribution in [3.8, 4) is 11.1 Å². The lowest BCUT2D eigenvalue weighted by Gasteiger charge is -2.27. The second-order valence-electron chi connectivity index (χ2n) is 14.9. The third-order valence-electron chi connectivity index (χ3n) is 11.2. The van der Waals surface area contributed by atoms with Crippen molar-refractivity contribution < 1.29 is 14.3 Å². The van der Waals surface area contributed by atoms with Gasteiger partial charge in [0.2, 0.25) is 0 Å². The second kappa shape index (κ2) is 16.5. The highest BCUT2D eigenvalue weighted by Crippen LogP contribution is 2.32. The summed E-state index contributed by atoms with van der Waals surface area (Å²) >= 11 is 6.61. The Hall–Kier alpha value is -4.81. The molecule has 3 aliphatic heterocycles. The Kier molecular flexibility index (Phi) is 11.1. The van der Waals surface area contributed by atoms with Crippen molar-refractivity contribution in [3.63, 3.8) is 0 Å². The topological polar surface area (TPSA) is 125 Å². The maximum Gasteiger partial charge on any atom is 0.251 e. The van der Waals surface area contributed by atoms with Crippen molar-refractivity contribution in [1.29, 1.82) is 0 Å². The van der Waals surface area contributed by atoms with Crippen LogP contribution in [0.2, 0.25) is 5.02 Å². The second-order valence-corrected chi connectivity index (χ2v) is 15.3. The number of hydrogen-bond acceptors (Lipinski definition) is 8. The Morgan fingerprint density at radius 3 is 2.42 bits per heavy atom. The molecule has 0 aliphatic carbocycles. The molecule has 4 N–H and O–H groups in total. The van der Waals surface area contributed by atoms with Crippen molar-refractivity contribution in [2.24, 2.45) is 0 Å². The van der Waals surface area contributed by atoms with Crippen LogP contribution in [0.3, 0.4) is 0 Å². The van der Waals surface area contributed by atoms with Crippen molar-refractivity contribution in [2.75, 3.05) is 31.6 Å². The molecule has 3 aromatic carbocycles. The van der Waals surface area contributed by atoms with Crippen LogP contribution in [0.25, 0.3) is 22.2 Å². The summed E-state index contributed by atoms with van der Waals surface area (Å²) in [4.78, 5) is 34.6. The summed E-state index contributed by atoms with van der Waals surface area (Å²) in [6, 6.07) is 22.9. The van der Waals surface area contributed by atoms with Crippen molar-refractivity contribution in [2.45, 2.75) is 83.8 Å². The van der Waals surface area contributed by atoms with Gasteiger partial charge in [-0.15, -0.1) is 0 Å². The van der Waals surface area contributed by atoms with Crippen LogP contribution >= 0.6 is 11.6 Å². The van der Waals surface area contributed by atoms with Gasteiger partial charge in [0, 0.05) is 98.0 Å². The average molecular weight is 761 g/mol. The van der Waals surface area contributed by atoms with E-state index in [0.717, 1.165) is 77.1 Å².